The van der Waals surface area contributed by atoms with E-state index >= 15 is 0 Å². The number of benzene rings is 1. The lowest BCUT2D eigenvalue weighted by molar-refractivity contribution is 0.0344. The van der Waals surface area contributed by atoms with Crippen LogP contribution in [0.1, 0.15) is 36.8 Å². The summed E-state index contributed by atoms with van der Waals surface area (Å²) >= 11 is 1.72. The van der Waals surface area contributed by atoms with Crippen LogP contribution in [0, 0.1) is 0 Å². The predicted molar refractivity (Wildman–Crippen MR) is 122 cm³/mol. The molecule has 5 rings (SSSR count). The lowest BCUT2D eigenvalue weighted by atomic mass is 9.92. The van der Waals surface area contributed by atoms with E-state index in [1.807, 2.05) is 0 Å². The molecule has 3 N–H and O–H groups in total. The average Bonchev–Trinajstić information content (AvgIpc) is 3.47. The smallest absolute Gasteiger partial charge is 0.126 e. The molecule has 1 aliphatic rings. The van der Waals surface area contributed by atoms with Crippen molar-refractivity contribution in [3.8, 4) is 11.4 Å². The van der Waals surface area contributed by atoms with Crippen molar-refractivity contribution in [1.29, 1.82) is 0 Å². The van der Waals surface area contributed by atoms with Gasteiger partial charge >= 0.3 is 0 Å². The number of aliphatic hydroxyl groups is 1. The monoisotopic (exact) mass is 424 g/mol. The Balaban J connectivity index is 1.62. The van der Waals surface area contributed by atoms with Gasteiger partial charge in [0.05, 0.1) is 29.1 Å². The van der Waals surface area contributed by atoms with E-state index < -0.39 is 0 Å². The molecule has 4 heterocycles. The van der Waals surface area contributed by atoms with Crippen molar-refractivity contribution in [3.63, 3.8) is 0 Å². The highest BCUT2D eigenvalue weighted by Crippen LogP contribution is 2.37. The van der Waals surface area contributed by atoms with E-state index in [2.05, 4.69) is 56.7 Å². The number of nitrogens with zero attached hydrogens (tertiary/aromatic N) is 2. The molecule has 0 bridgehead atoms. The number of aromatic amines is 2. The Kier molecular flexibility index (Phi) is 5.60. The van der Waals surface area contributed by atoms with Crippen LogP contribution < -0.4 is 0 Å². The standard InChI is InChI=1S/C23H28N4O2S/c1-2-15(5-9-28)16-3-4-17-18(14-27-7-10-29-11-8-27)21(24-20(17)13-16)22-23-19(25-26-22)6-12-30-23/h3-4,6,12-13,15,24,28H,2,5,7-11,14H2,1H3,(H,25,26). The quantitative estimate of drug-likeness (QED) is 0.409. The number of morpholine rings is 1. The number of aromatic nitrogens is 3. The molecule has 0 amide bonds. The molecule has 1 aromatic carbocycles. The number of hydrogen-bond donors (Lipinski definition) is 3. The lowest BCUT2D eigenvalue weighted by Crippen LogP contribution is -2.35. The van der Waals surface area contributed by atoms with Gasteiger partial charge in [0.2, 0.25) is 0 Å². The number of H-pyrrole nitrogens is 2. The third-order valence-electron chi connectivity index (χ3n) is 6.26. The summed E-state index contributed by atoms with van der Waals surface area (Å²) < 4.78 is 6.74. The summed E-state index contributed by atoms with van der Waals surface area (Å²) in [6.45, 7) is 6.77. The van der Waals surface area contributed by atoms with Gasteiger partial charge in [-0.25, -0.2) is 0 Å². The van der Waals surface area contributed by atoms with E-state index in [1.54, 1.807) is 11.3 Å². The Morgan fingerprint density at radius 3 is 2.90 bits per heavy atom. The van der Waals surface area contributed by atoms with Crippen molar-refractivity contribution < 1.29 is 9.84 Å². The van der Waals surface area contributed by atoms with Crippen LogP contribution in [-0.2, 0) is 11.3 Å². The Bertz CT molecular complexity index is 1140. The van der Waals surface area contributed by atoms with E-state index in [0.29, 0.717) is 5.92 Å². The van der Waals surface area contributed by atoms with Crippen LogP contribution in [0.3, 0.4) is 0 Å². The van der Waals surface area contributed by atoms with Gasteiger partial charge in [0.1, 0.15) is 5.69 Å². The molecule has 30 heavy (non-hydrogen) atoms. The maximum Gasteiger partial charge on any atom is 0.126 e. The maximum atomic E-state index is 9.44. The third-order valence-corrected chi connectivity index (χ3v) is 7.18. The van der Waals surface area contributed by atoms with E-state index in [-0.39, 0.29) is 6.61 Å². The van der Waals surface area contributed by atoms with Gasteiger partial charge in [-0.15, -0.1) is 11.3 Å². The number of thiophene rings is 1. The van der Waals surface area contributed by atoms with Crippen molar-refractivity contribution >= 4 is 32.5 Å². The molecule has 158 valence electrons. The van der Waals surface area contributed by atoms with E-state index in [9.17, 15) is 5.11 Å². The summed E-state index contributed by atoms with van der Waals surface area (Å²) in [4.78, 5) is 6.16. The topological polar surface area (TPSA) is 77.2 Å². The molecule has 1 fully saturated rings. The first-order valence-electron chi connectivity index (χ1n) is 10.8. The van der Waals surface area contributed by atoms with E-state index in [1.165, 1.54) is 21.2 Å². The van der Waals surface area contributed by atoms with Crippen LogP contribution in [-0.4, -0.2) is 58.1 Å². The fourth-order valence-corrected chi connectivity index (χ4v) is 5.40. The molecule has 4 aromatic rings. The van der Waals surface area contributed by atoms with Crippen LogP contribution in [0.5, 0.6) is 0 Å². The predicted octanol–water partition coefficient (Wildman–Crippen LogP) is 4.48. The number of nitrogens with one attached hydrogen (secondary N) is 2. The number of hydrogen-bond acceptors (Lipinski definition) is 5. The van der Waals surface area contributed by atoms with Crippen LogP contribution in [0.4, 0.5) is 0 Å². The zero-order chi connectivity index (χ0) is 20.5. The largest absolute Gasteiger partial charge is 0.396 e. The number of fused-ring (bicyclic) bond motifs is 2. The van der Waals surface area contributed by atoms with E-state index in [0.717, 1.165) is 68.1 Å². The molecule has 1 aliphatic heterocycles. The second-order valence-corrected chi connectivity index (χ2v) is 8.94. The number of aliphatic hydroxyl groups excluding tert-OH is 1. The second kappa shape index (κ2) is 8.51. The van der Waals surface area contributed by atoms with Gasteiger partial charge < -0.3 is 14.8 Å². The Morgan fingerprint density at radius 1 is 1.23 bits per heavy atom. The minimum Gasteiger partial charge on any atom is -0.396 e. The summed E-state index contributed by atoms with van der Waals surface area (Å²) in [5.41, 5.74) is 6.93. The van der Waals surface area contributed by atoms with Gasteiger partial charge in [-0.2, -0.15) is 5.10 Å². The molecule has 0 saturated carbocycles. The summed E-state index contributed by atoms with van der Waals surface area (Å²) in [5, 5.41) is 20.6. The van der Waals surface area contributed by atoms with Crippen molar-refractivity contribution in [3.05, 3.63) is 40.8 Å². The average molecular weight is 425 g/mol. The fraction of sp³-hybridized carbons (Fsp3) is 0.435. The minimum atomic E-state index is 0.221. The SMILES string of the molecule is CCC(CCO)c1ccc2c(CN3CCOCC3)c(-c3n[nH]c4ccsc34)[nH]c2c1. The Morgan fingerprint density at radius 2 is 2.10 bits per heavy atom. The van der Waals surface area contributed by atoms with E-state index in [4.69, 9.17) is 4.74 Å². The summed E-state index contributed by atoms with van der Waals surface area (Å²) in [6.07, 6.45) is 1.82. The highest BCUT2D eigenvalue weighted by atomic mass is 32.1. The molecule has 1 unspecified atom stereocenters. The third kappa shape index (κ3) is 3.56. The highest BCUT2D eigenvalue weighted by Gasteiger charge is 2.22. The van der Waals surface area contributed by atoms with Crippen molar-refractivity contribution in [2.45, 2.75) is 32.2 Å². The highest BCUT2D eigenvalue weighted by molar-refractivity contribution is 7.17. The molecular weight excluding hydrogens is 396 g/mol. The zero-order valence-corrected chi connectivity index (χ0v) is 18.1. The van der Waals surface area contributed by atoms with Gasteiger partial charge in [0.25, 0.3) is 0 Å². The first-order valence-corrected chi connectivity index (χ1v) is 11.6. The first kappa shape index (κ1) is 19.8. The minimum absolute atomic E-state index is 0.221. The molecule has 0 radical (unpaired) electrons. The normalized spacial score (nSPS) is 16.6. The molecule has 6 nitrogen and oxygen atoms in total. The summed E-state index contributed by atoms with van der Waals surface area (Å²) in [7, 11) is 0. The Hall–Kier alpha value is -2.19. The van der Waals surface area contributed by atoms with Gasteiger partial charge in [0, 0.05) is 42.7 Å². The first-order chi connectivity index (χ1) is 14.8. The van der Waals surface area contributed by atoms with Crippen molar-refractivity contribution in [1.82, 2.24) is 20.1 Å². The summed E-state index contributed by atoms with van der Waals surface area (Å²) in [5.74, 6) is 0.378. The molecule has 7 heteroatoms. The Labute approximate surface area is 179 Å². The maximum absolute atomic E-state index is 9.44. The van der Waals surface area contributed by atoms with Gasteiger partial charge in [-0.05, 0) is 41.8 Å². The summed E-state index contributed by atoms with van der Waals surface area (Å²) in [6, 6.07) is 8.83. The number of rotatable bonds is 7. The van der Waals surface area contributed by atoms with Gasteiger partial charge in [-0.3, -0.25) is 10.00 Å². The molecule has 0 aliphatic carbocycles. The van der Waals surface area contributed by atoms with Gasteiger partial charge in [-0.1, -0.05) is 19.1 Å². The second-order valence-electron chi connectivity index (χ2n) is 8.03. The molecule has 1 saturated heterocycles. The van der Waals surface area contributed by atoms with Crippen LogP contribution in [0.15, 0.2) is 29.6 Å². The number of ether oxygens (including phenoxy) is 1. The molecule has 0 spiro atoms. The molecular formula is C23H28N4O2S. The van der Waals surface area contributed by atoms with Crippen LogP contribution >= 0.6 is 11.3 Å². The lowest BCUT2D eigenvalue weighted by Gasteiger charge is -2.26. The van der Waals surface area contributed by atoms with Crippen LogP contribution in [0.2, 0.25) is 0 Å². The van der Waals surface area contributed by atoms with Crippen molar-refractivity contribution in [2.75, 3.05) is 32.9 Å². The van der Waals surface area contributed by atoms with Crippen molar-refractivity contribution in [2.24, 2.45) is 0 Å². The van der Waals surface area contributed by atoms with Crippen LogP contribution in [0.25, 0.3) is 32.5 Å². The zero-order valence-electron chi connectivity index (χ0n) is 17.3. The molecule has 3 aromatic heterocycles. The van der Waals surface area contributed by atoms with Gasteiger partial charge in [0.15, 0.2) is 0 Å². The molecule has 1 atom stereocenters. The fourth-order valence-electron chi connectivity index (χ4n) is 4.56.